The standard InChI is InChI=1S/C16H23N3S.ClH/c1-16(2,17)15-18-10-13-14(8-5-9-19(13)15)20-11-12-6-3-4-7-12;/h5,8-10,12H,3-4,6-7,11,17H2,1-2H3;1H. The molecule has 1 saturated carbocycles. The number of pyridine rings is 1. The Hall–Kier alpha value is -0.710. The minimum absolute atomic E-state index is 0. The third-order valence-electron chi connectivity index (χ3n) is 4.06. The zero-order chi connectivity index (χ0) is 14.2. The molecule has 0 bridgehead atoms. The van der Waals surface area contributed by atoms with Crippen LogP contribution in [0.1, 0.15) is 45.4 Å². The topological polar surface area (TPSA) is 43.3 Å². The summed E-state index contributed by atoms with van der Waals surface area (Å²) in [6.07, 6.45) is 9.64. The van der Waals surface area contributed by atoms with Gasteiger partial charge in [0.1, 0.15) is 5.82 Å². The summed E-state index contributed by atoms with van der Waals surface area (Å²) in [5, 5.41) is 0. The second-order valence-corrected chi connectivity index (χ2v) is 7.45. The van der Waals surface area contributed by atoms with E-state index >= 15 is 0 Å². The van der Waals surface area contributed by atoms with E-state index in [-0.39, 0.29) is 12.4 Å². The van der Waals surface area contributed by atoms with E-state index < -0.39 is 5.54 Å². The predicted molar refractivity (Wildman–Crippen MR) is 92.3 cm³/mol. The molecule has 3 nitrogen and oxygen atoms in total. The van der Waals surface area contributed by atoms with Gasteiger partial charge >= 0.3 is 0 Å². The first-order valence-corrected chi connectivity index (χ1v) is 8.42. The maximum absolute atomic E-state index is 6.20. The number of aromatic nitrogens is 2. The summed E-state index contributed by atoms with van der Waals surface area (Å²) in [5.41, 5.74) is 6.97. The average molecular weight is 326 g/mol. The van der Waals surface area contributed by atoms with Crippen LogP contribution in [-0.4, -0.2) is 15.1 Å². The quantitative estimate of drug-likeness (QED) is 0.855. The van der Waals surface area contributed by atoms with Crippen LogP contribution in [0.25, 0.3) is 5.52 Å². The van der Waals surface area contributed by atoms with Crippen LogP contribution >= 0.6 is 24.2 Å². The van der Waals surface area contributed by atoms with E-state index in [1.54, 1.807) is 0 Å². The fourth-order valence-electron chi connectivity index (χ4n) is 2.98. The van der Waals surface area contributed by atoms with Gasteiger partial charge in [0, 0.05) is 16.8 Å². The fourth-order valence-corrected chi connectivity index (χ4v) is 4.20. The molecule has 2 aromatic rings. The van der Waals surface area contributed by atoms with Crippen molar-refractivity contribution in [3.8, 4) is 0 Å². The Bertz CT molecular complexity index is 597. The molecule has 0 aliphatic heterocycles. The number of rotatable bonds is 4. The molecule has 0 unspecified atom stereocenters. The number of thioether (sulfide) groups is 1. The van der Waals surface area contributed by atoms with Crippen molar-refractivity contribution in [3.05, 3.63) is 30.4 Å². The maximum atomic E-state index is 6.20. The first-order chi connectivity index (χ1) is 9.55. The zero-order valence-electron chi connectivity index (χ0n) is 12.7. The van der Waals surface area contributed by atoms with Gasteiger partial charge in [-0.2, -0.15) is 0 Å². The van der Waals surface area contributed by atoms with Crippen LogP contribution in [-0.2, 0) is 5.54 Å². The van der Waals surface area contributed by atoms with Gasteiger partial charge in [0.05, 0.1) is 17.3 Å². The van der Waals surface area contributed by atoms with E-state index in [0.717, 1.165) is 11.7 Å². The van der Waals surface area contributed by atoms with Crippen molar-refractivity contribution in [2.45, 2.75) is 50.0 Å². The third kappa shape index (κ3) is 3.55. The Kier molecular flexibility index (Phi) is 5.23. The molecule has 0 amide bonds. The lowest BCUT2D eigenvalue weighted by Gasteiger charge is -2.17. The van der Waals surface area contributed by atoms with Crippen molar-refractivity contribution in [1.82, 2.24) is 9.38 Å². The highest BCUT2D eigenvalue weighted by Gasteiger charge is 2.21. The highest BCUT2D eigenvalue weighted by molar-refractivity contribution is 7.99. The molecule has 0 saturated heterocycles. The number of imidazole rings is 1. The lowest BCUT2D eigenvalue weighted by molar-refractivity contribution is 0.511. The van der Waals surface area contributed by atoms with Crippen molar-refractivity contribution < 1.29 is 0 Å². The Balaban J connectivity index is 0.00000161. The highest BCUT2D eigenvalue weighted by atomic mass is 35.5. The predicted octanol–water partition coefficient (Wildman–Crippen LogP) is 4.23. The van der Waals surface area contributed by atoms with Crippen molar-refractivity contribution in [2.24, 2.45) is 11.7 Å². The minimum Gasteiger partial charge on any atom is -0.319 e. The average Bonchev–Trinajstić information content (AvgIpc) is 3.04. The van der Waals surface area contributed by atoms with Crippen molar-refractivity contribution in [1.29, 1.82) is 0 Å². The van der Waals surface area contributed by atoms with E-state index in [0.29, 0.717) is 0 Å². The Morgan fingerprint density at radius 3 is 2.76 bits per heavy atom. The van der Waals surface area contributed by atoms with Crippen molar-refractivity contribution in [2.75, 3.05) is 5.75 Å². The smallest absolute Gasteiger partial charge is 0.132 e. The molecule has 3 rings (SSSR count). The second-order valence-electron chi connectivity index (χ2n) is 6.39. The lowest BCUT2D eigenvalue weighted by atomic mass is 10.1. The molecule has 2 aromatic heterocycles. The van der Waals surface area contributed by atoms with Crippen LogP contribution in [0.5, 0.6) is 0 Å². The van der Waals surface area contributed by atoms with Crippen LogP contribution in [0, 0.1) is 5.92 Å². The zero-order valence-corrected chi connectivity index (χ0v) is 14.3. The summed E-state index contributed by atoms with van der Waals surface area (Å²) >= 11 is 1.97. The van der Waals surface area contributed by atoms with Crippen LogP contribution in [0.2, 0.25) is 0 Å². The van der Waals surface area contributed by atoms with Gasteiger partial charge in [0.25, 0.3) is 0 Å². The number of hydrogen-bond donors (Lipinski definition) is 1. The van der Waals surface area contributed by atoms with Gasteiger partial charge in [-0.15, -0.1) is 24.2 Å². The van der Waals surface area contributed by atoms with E-state index in [2.05, 4.69) is 27.7 Å². The second kappa shape index (κ2) is 6.59. The number of hydrogen-bond acceptors (Lipinski definition) is 3. The minimum atomic E-state index is -0.416. The Labute approximate surface area is 137 Å². The van der Waals surface area contributed by atoms with Gasteiger partial charge in [-0.1, -0.05) is 12.8 Å². The summed E-state index contributed by atoms with van der Waals surface area (Å²) in [6, 6.07) is 4.30. The molecule has 1 aliphatic rings. The van der Waals surface area contributed by atoms with E-state index in [1.807, 2.05) is 31.8 Å². The first-order valence-electron chi connectivity index (χ1n) is 7.44. The number of nitrogens with zero attached hydrogens (tertiary/aromatic N) is 2. The normalized spacial score (nSPS) is 16.3. The van der Waals surface area contributed by atoms with Crippen LogP contribution in [0.4, 0.5) is 0 Å². The van der Waals surface area contributed by atoms with E-state index in [1.165, 1.54) is 41.8 Å². The SMILES string of the molecule is CC(C)(N)c1ncc2c(SCC3CCCC3)cccn12.Cl. The number of nitrogens with two attached hydrogens (primary N) is 1. The Morgan fingerprint density at radius 1 is 1.38 bits per heavy atom. The molecule has 1 fully saturated rings. The molecule has 0 aromatic carbocycles. The largest absolute Gasteiger partial charge is 0.319 e. The maximum Gasteiger partial charge on any atom is 0.132 e. The molecule has 5 heteroatoms. The summed E-state index contributed by atoms with van der Waals surface area (Å²) in [7, 11) is 0. The molecule has 21 heavy (non-hydrogen) atoms. The number of fused-ring (bicyclic) bond motifs is 1. The molecule has 2 N–H and O–H groups in total. The van der Waals surface area contributed by atoms with Gasteiger partial charge in [-0.05, 0) is 44.7 Å². The summed E-state index contributed by atoms with van der Waals surface area (Å²) < 4.78 is 2.14. The monoisotopic (exact) mass is 325 g/mol. The molecule has 0 atom stereocenters. The van der Waals surface area contributed by atoms with Crippen molar-refractivity contribution >= 4 is 29.7 Å². The molecular weight excluding hydrogens is 302 g/mol. The lowest BCUT2D eigenvalue weighted by Crippen LogP contribution is -2.31. The van der Waals surface area contributed by atoms with E-state index in [9.17, 15) is 0 Å². The van der Waals surface area contributed by atoms with Crippen LogP contribution < -0.4 is 5.73 Å². The molecular formula is C16H24ClN3S. The first kappa shape index (κ1) is 16.7. The highest BCUT2D eigenvalue weighted by Crippen LogP contribution is 2.33. The Morgan fingerprint density at radius 2 is 2.10 bits per heavy atom. The molecule has 2 heterocycles. The summed E-state index contributed by atoms with van der Waals surface area (Å²) in [5.74, 6) is 3.05. The van der Waals surface area contributed by atoms with Gasteiger partial charge in [-0.25, -0.2) is 4.98 Å². The number of halogens is 1. The van der Waals surface area contributed by atoms with Crippen LogP contribution in [0.15, 0.2) is 29.4 Å². The molecule has 1 aliphatic carbocycles. The summed E-state index contributed by atoms with van der Waals surface area (Å²) in [6.45, 7) is 4.00. The fraction of sp³-hybridized carbons (Fsp3) is 0.562. The summed E-state index contributed by atoms with van der Waals surface area (Å²) in [4.78, 5) is 5.85. The van der Waals surface area contributed by atoms with Gasteiger partial charge in [-0.3, -0.25) is 0 Å². The van der Waals surface area contributed by atoms with Gasteiger partial charge in [0.2, 0.25) is 0 Å². The van der Waals surface area contributed by atoms with Gasteiger partial charge in [0.15, 0.2) is 0 Å². The van der Waals surface area contributed by atoms with Crippen LogP contribution in [0.3, 0.4) is 0 Å². The molecule has 116 valence electrons. The third-order valence-corrected chi connectivity index (χ3v) is 5.35. The molecule has 0 radical (unpaired) electrons. The van der Waals surface area contributed by atoms with E-state index in [4.69, 9.17) is 5.73 Å². The van der Waals surface area contributed by atoms with Gasteiger partial charge < -0.3 is 10.1 Å². The van der Waals surface area contributed by atoms with Crippen molar-refractivity contribution in [3.63, 3.8) is 0 Å². The molecule has 0 spiro atoms.